The van der Waals surface area contributed by atoms with Crippen molar-refractivity contribution in [2.75, 3.05) is 13.1 Å². The topological polar surface area (TPSA) is 64.1 Å². The molecule has 0 aliphatic carbocycles. The smallest absolute Gasteiger partial charge is 0.261 e. The molecule has 1 aliphatic rings. The molecule has 2 aromatic heterocycles. The van der Waals surface area contributed by atoms with Gasteiger partial charge >= 0.3 is 0 Å². The Labute approximate surface area is 106 Å². The Kier molecular flexibility index (Phi) is 3.15. The van der Waals surface area contributed by atoms with Crippen LogP contribution in [-0.4, -0.2) is 23.2 Å². The number of aryl methyl sites for hydroxylation is 1. The van der Waals surface area contributed by atoms with Crippen molar-refractivity contribution in [2.24, 2.45) is 5.92 Å². The molecule has 2 aromatic rings. The van der Waals surface area contributed by atoms with E-state index in [9.17, 15) is 0 Å². The summed E-state index contributed by atoms with van der Waals surface area (Å²) in [4.78, 5) is 4.44. The zero-order chi connectivity index (χ0) is 12.4. The fraction of sp³-hybridized carbons (Fsp3) is 0.538. The van der Waals surface area contributed by atoms with E-state index < -0.39 is 0 Å². The molecule has 5 heteroatoms. The Morgan fingerprint density at radius 1 is 1.50 bits per heavy atom. The molecule has 0 spiro atoms. The van der Waals surface area contributed by atoms with Gasteiger partial charge in [0.1, 0.15) is 5.76 Å². The van der Waals surface area contributed by atoms with Gasteiger partial charge in [-0.25, -0.2) is 0 Å². The molecule has 0 aromatic carbocycles. The molecule has 0 amide bonds. The highest BCUT2D eigenvalue weighted by atomic mass is 16.5. The van der Waals surface area contributed by atoms with Crippen LogP contribution in [0.5, 0.6) is 0 Å². The van der Waals surface area contributed by atoms with Crippen LogP contribution in [0.3, 0.4) is 0 Å². The first-order chi connectivity index (χ1) is 8.83. The van der Waals surface area contributed by atoms with Crippen molar-refractivity contribution in [2.45, 2.75) is 26.2 Å². The van der Waals surface area contributed by atoms with Crippen molar-refractivity contribution in [1.29, 1.82) is 0 Å². The average Bonchev–Trinajstić information content (AvgIpc) is 2.99. The lowest BCUT2D eigenvalue weighted by molar-refractivity contribution is 0.359. The number of rotatable bonds is 3. The van der Waals surface area contributed by atoms with Gasteiger partial charge in [-0.1, -0.05) is 5.16 Å². The van der Waals surface area contributed by atoms with Crippen molar-refractivity contribution in [3.05, 3.63) is 23.9 Å². The van der Waals surface area contributed by atoms with Gasteiger partial charge in [0.2, 0.25) is 0 Å². The van der Waals surface area contributed by atoms with E-state index >= 15 is 0 Å². The third-order valence-corrected chi connectivity index (χ3v) is 3.43. The zero-order valence-corrected chi connectivity index (χ0v) is 10.5. The van der Waals surface area contributed by atoms with Crippen LogP contribution >= 0.6 is 0 Å². The molecule has 1 aliphatic heterocycles. The van der Waals surface area contributed by atoms with Gasteiger partial charge in [0.05, 0.1) is 11.8 Å². The van der Waals surface area contributed by atoms with Gasteiger partial charge in [-0.3, -0.25) is 0 Å². The summed E-state index contributed by atoms with van der Waals surface area (Å²) >= 11 is 0. The van der Waals surface area contributed by atoms with Crippen molar-refractivity contribution >= 4 is 0 Å². The van der Waals surface area contributed by atoms with Crippen LogP contribution < -0.4 is 5.32 Å². The summed E-state index contributed by atoms with van der Waals surface area (Å²) in [5.41, 5.74) is 0.885. The third-order valence-electron chi connectivity index (χ3n) is 3.43. The SMILES string of the molecule is Cc1occc1-c1nc(CC2CCCNC2)no1. The summed E-state index contributed by atoms with van der Waals surface area (Å²) in [6.45, 7) is 4.07. The first-order valence-corrected chi connectivity index (χ1v) is 6.40. The minimum atomic E-state index is 0.556. The average molecular weight is 247 g/mol. The number of hydrogen-bond acceptors (Lipinski definition) is 5. The van der Waals surface area contributed by atoms with E-state index in [0.29, 0.717) is 11.8 Å². The Balaban J connectivity index is 1.71. The number of hydrogen-bond donors (Lipinski definition) is 1. The molecule has 1 N–H and O–H groups in total. The lowest BCUT2D eigenvalue weighted by Gasteiger charge is -2.20. The summed E-state index contributed by atoms with van der Waals surface area (Å²) < 4.78 is 10.5. The van der Waals surface area contributed by atoms with Crippen LogP contribution in [0.25, 0.3) is 11.5 Å². The molecule has 96 valence electrons. The standard InChI is InChI=1S/C13H17N3O2/c1-9-11(4-6-17-9)13-15-12(16-18-13)7-10-3-2-5-14-8-10/h4,6,10,14H,2-3,5,7-8H2,1H3. The molecule has 1 fully saturated rings. The largest absolute Gasteiger partial charge is 0.469 e. The van der Waals surface area contributed by atoms with E-state index in [0.717, 1.165) is 36.7 Å². The monoisotopic (exact) mass is 247 g/mol. The molecular formula is C13H17N3O2. The van der Waals surface area contributed by atoms with Crippen molar-refractivity contribution < 1.29 is 8.94 Å². The van der Waals surface area contributed by atoms with Crippen LogP contribution in [0.1, 0.15) is 24.4 Å². The number of furan rings is 1. The second kappa shape index (κ2) is 4.94. The first kappa shape index (κ1) is 11.5. The zero-order valence-electron chi connectivity index (χ0n) is 10.5. The van der Waals surface area contributed by atoms with Crippen molar-refractivity contribution in [1.82, 2.24) is 15.5 Å². The lowest BCUT2D eigenvalue weighted by atomic mass is 9.96. The highest BCUT2D eigenvalue weighted by Gasteiger charge is 2.18. The van der Waals surface area contributed by atoms with Crippen molar-refractivity contribution in [3.63, 3.8) is 0 Å². The van der Waals surface area contributed by atoms with Crippen LogP contribution in [-0.2, 0) is 6.42 Å². The number of aromatic nitrogens is 2. The molecular weight excluding hydrogens is 230 g/mol. The van der Waals surface area contributed by atoms with E-state index in [1.54, 1.807) is 6.26 Å². The molecule has 0 saturated carbocycles. The Morgan fingerprint density at radius 3 is 3.17 bits per heavy atom. The van der Waals surface area contributed by atoms with E-state index in [1.807, 2.05) is 13.0 Å². The summed E-state index contributed by atoms with van der Waals surface area (Å²) in [6, 6.07) is 1.86. The van der Waals surface area contributed by atoms with Gasteiger partial charge in [0, 0.05) is 6.42 Å². The fourth-order valence-electron chi connectivity index (χ4n) is 2.41. The molecule has 0 radical (unpaired) electrons. The Morgan fingerprint density at radius 2 is 2.44 bits per heavy atom. The number of nitrogens with zero attached hydrogens (tertiary/aromatic N) is 2. The maximum atomic E-state index is 5.29. The van der Waals surface area contributed by atoms with Crippen LogP contribution in [0.4, 0.5) is 0 Å². The Hall–Kier alpha value is -1.62. The molecule has 3 rings (SSSR count). The predicted molar refractivity (Wildman–Crippen MR) is 66.0 cm³/mol. The second-order valence-electron chi connectivity index (χ2n) is 4.82. The third kappa shape index (κ3) is 2.31. The van der Waals surface area contributed by atoms with E-state index in [1.165, 1.54) is 12.8 Å². The summed E-state index contributed by atoms with van der Waals surface area (Å²) in [6.07, 6.45) is 4.99. The second-order valence-corrected chi connectivity index (χ2v) is 4.82. The van der Waals surface area contributed by atoms with Crippen molar-refractivity contribution in [3.8, 4) is 11.5 Å². The predicted octanol–water partition coefficient (Wildman–Crippen LogP) is 2.18. The highest BCUT2D eigenvalue weighted by molar-refractivity contribution is 5.54. The molecule has 18 heavy (non-hydrogen) atoms. The summed E-state index contributed by atoms with van der Waals surface area (Å²) in [5, 5.41) is 7.45. The number of piperidine rings is 1. The minimum Gasteiger partial charge on any atom is -0.469 e. The molecule has 0 bridgehead atoms. The maximum absolute atomic E-state index is 5.29. The van der Waals surface area contributed by atoms with Gasteiger partial charge in [0.25, 0.3) is 5.89 Å². The molecule has 1 atom stereocenters. The van der Waals surface area contributed by atoms with Crippen LogP contribution in [0, 0.1) is 12.8 Å². The Bertz CT molecular complexity index is 512. The van der Waals surface area contributed by atoms with Gasteiger partial charge in [-0.15, -0.1) is 0 Å². The van der Waals surface area contributed by atoms with E-state index in [-0.39, 0.29) is 0 Å². The van der Waals surface area contributed by atoms with Gasteiger partial charge in [-0.2, -0.15) is 4.98 Å². The summed E-state index contributed by atoms with van der Waals surface area (Å²) in [7, 11) is 0. The molecule has 1 saturated heterocycles. The van der Waals surface area contributed by atoms with Crippen LogP contribution in [0.15, 0.2) is 21.3 Å². The van der Waals surface area contributed by atoms with Crippen LogP contribution in [0.2, 0.25) is 0 Å². The van der Waals surface area contributed by atoms with E-state index in [4.69, 9.17) is 8.94 Å². The summed E-state index contributed by atoms with van der Waals surface area (Å²) in [5.74, 6) is 2.78. The minimum absolute atomic E-state index is 0.556. The fourth-order valence-corrected chi connectivity index (χ4v) is 2.41. The first-order valence-electron chi connectivity index (χ1n) is 6.40. The highest BCUT2D eigenvalue weighted by Crippen LogP contribution is 2.23. The number of nitrogens with one attached hydrogen (secondary N) is 1. The molecule has 3 heterocycles. The normalized spacial score (nSPS) is 20.2. The van der Waals surface area contributed by atoms with E-state index in [2.05, 4.69) is 15.5 Å². The van der Waals surface area contributed by atoms with Gasteiger partial charge < -0.3 is 14.3 Å². The van der Waals surface area contributed by atoms with Gasteiger partial charge in [-0.05, 0) is 44.8 Å². The lowest BCUT2D eigenvalue weighted by Crippen LogP contribution is -2.31. The maximum Gasteiger partial charge on any atom is 0.261 e. The molecule has 5 nitrogen and oxygen atoms in total. The van der Waals surface area contributed by atoms with Gasteiger partial charge in [0.15, 0.2) is 5.82 Å². The molecule has 1 unspecified atom stereocenters. The quantitative estimate of drug-likeness (QED) is 0.900.